The lowest BCUT2D eigenvalue weighted by molar-refractivity contribution is -0.136. The van der Waals surface area contributed by atoms with Crippen molar-refractivity contribution in [2.45, 2.75) is 114 Å². The first-order valence-corrected chi connectivity index (χ1v) is 29.6. The molecule has 0 radical (unpaired) electrons. The van der Waals surface area contributed by atoms with Crippen molar-refractivity contribution in [1.82, 2.24) is 37.2 Å². The molecule has 5 rings (SSSR count). The number of benzene rings is 4. The van der Waals surface area contributed by atoms with Gasteiger partial charge in [0, 0.05) is 31.5 Å². The van der Waals surface area contributed by atoms with Crippen LogP contribution in [0.2, 0.25) is 0 Å². The average molecular weight is 1180 g/mol. The molecule has 0 spiro atoms. The van der Waals surface area contributed by atoms with Crippen LogP contribution in [-0.4, -0.2) is 163 Å². The number of nitrogens with two attached hydrogens (primary N) is 3. The van der Waals surface area contributed by atoms with Gasteiger partial charge in [0.15, 0.2) is 0 Å². The Kier molecular flexibility index (Phi) is 27.1. The summed E-state index contributed by atoms with van der Waals surface area (Å²) in [5.74, 6) is -7.35. The van der Waals surface area contributed by atoms with E-state index in [4.69, 9.17) is 31.4 Å². The number of aromatic hydroxyl groups is 1. The number of unbranched alkanes of at least 4 members (excludes halogenated alkanes) is 1. The van der Waals surface area contributed by atoms with Crippen LogP contribution in [0.25, 0.3) is 10.8 Å². The molecule has 1 fully saturated rings. The summed E-state index contributed by atoms with van der Waals surface area (Å²) in [5, 5.41) is 41.3. The third-order valence-electron chi connectivity index (χ3n) is 13.3. The topological polar surface area (TPSA) is 367 Å². The predicted molar refractivity (Wildman–Crippen MR) is 313 cm³/mol. The van der Waals surface area contributed by atoms with E-state index in [9.17, 15) is 48.6 Å². The Morgan fingerprint density at radius 3 is 1.90 bits per heavy atom. The fourth-order valence-electron chi connectivity index (χ4n) is 8.61. The summed E-state index contributed by atoms with van der Waals surface area (Å²) in [7, 11) is 3.58. The molecule has 0 aliphatic carbocycles. The smallest absolute Gasteiger partial charge is 0.244 e. The fraction of sp³-hybridized carbons (Fsp3) is 0.474. The number of phenolic OH excluding ortho intramolecular Hbond substituents is 1. The lowest BCUT2D eigenvalue weighted by Crippen LogP contribution is -2.62. The van der Waals surface area contributed by atoms with Crippen molar-refractivity contribution < 1.29 is 62.8 Å². The number of amides is 8. The van der Waals surface area contributed by atoms with Gasteiger partial charge in [-0.25, -0.2) is 0 Å². The number of fused-ring (bicyclic) bond motifs is 1. The van der Waals surface area contributed by atoms with Gasteiger partial charge in [-0.05, 0) is 96.8 Å². The van der Waals surface area contributed by atoms with Crippen molar-refractivity contribution in [2.75, 3.05) is 51.6 Å². The highest BCUT2D eigenvalue weighted by atomic mass is 33.1. The van der Waals surface area contributed by atoms with E-state index >= 15 is 0 Å². The number of hydrogen-bond donors (Lipinski definition) is 12. The maximum Gasteiger partial charge on any atom is 0.244 e. The average Bonchev–Trinajstić information content (AvgIpc) is 3.62. The number of methoxy groups -OCH3 is 1. The first-order valence-electron chi connectivity index (χ1n) is 27.1. The third kappa shape index (κ3) is 21.4. The molecule has 0 saturated carbocycles. The van der Waals surface area contributed by atoms with Gasteiger partial charge in [0.05, 0.1) is 32.0 Å². The van der Waals surface area contributed by atoms with Crippen LogP contribution in [0.4, 0.5) is 0 Å². The molecule has 8 amide bonds. The Morgan fingerprint density at radius 2 is 1.28 bits per heavy atom. The summed E-state index contributed by atoms with van der Waals surface area (Å²) in [5.41, 5.74) is 19.7. The highest BCUT2D eigenvalue weighted by Gasteiger charge is 2.36. The van der Waals surface area contributed by atoms with Crippen LogP contribution in [0.15, 0.2) is 91.0 Å². The molecule has 1 saturated heterocycles. The van der Waals surface area contributed by atoms with E-state index in [0.717, 1.165) is 37.9 Å². The molecule has 1 aliphatic rings. The van der Waals surface area contributed by atoms with E-state index in [-0.39, 0.29) is 56.1 Å². The molecule has 15 N–H and O–H groups in total. The van der Waals surface area contributed by atoms with E-state index in [1.165, 1.54) is 19.1 Å². The third-order valence-corrected chi connectivity index (χ3v) is 15.7. The summed E-state index contributed by atoms with van der Waals surface area (Å²) in [6.45, 7) is 6.17. The van der Waals surface area contributed by atoms with Crippen LogP contribution in [0.5, 0.6) is 11.5 Å². The van der Waals surface area contributed by atoms with E-state index in [1.54, 1.807) is 57.4 Å². The number of primary amides is 1. The number of aliphatic hydroxyl groups is 1. The quantitative estimate of drug-likeness (QED) is 0.0333. The molecular weight excluding hydrogens is 1100 g/mol. The summed E-state index contributed by atoms with van der Waals surface area (Å²) in [6.07, 6.45) is -0.785. The Bertz CT molecular complexity index is 2760. The number of carbonyl (C=O) groups is 8. The van der Waals surface area contributed by atoms with Gasteiger partial charge in [0.25, 0.3) is 0 Å². The minimum absolute atomic E-state index is 0.0500. The van der Waals surface area contributed by atoms with Crippen molar-refractivity contribution in [3.8, 4) is 11.5 Å². The van der Waals surface area contributed by atoms with Crippen LogP contribution < -0.4 is 59.2 Å². The Morgan fingerprint density at radius 1 is 0.695 bits per heavy atom. The zero-order chi connectivity index (χ0) is 59.7. The molecule has 1 heterocycles. The van der Waals surface area contributed by atoms with E-state index < -0.39 is 108 Å². The molecule has 446 valence electrons. The fourth-order valence-corrected chi connectivity index (χ4v) is 10.9. The normalized spacial score (nSPS) is 20.9. The van der Waals surface area contributed by atoms with Crippen LogP contribution in [0.1, 0.15) is 56.7 Å². The van der Waals surface area contributed by atoms with Gasteiger partial charge in [0.1, 0.15) is 60.4 Å². The van der Waals surface area contributed by atoms with Crippen molar-refractivity contribution in [3.63, 3.8) is 0 Å². The number of phenols is 1. The number of carbonyl (C=O) groups excluding carboxylic acids is 8. The number of aliphatic hydroxyl groups excluding tert-OH is 1. The molecule has 1 aliphatic heterocycles. The van der Waals surface area contributed by atoms with Gasteiger partial charge >= 0.3 is 0 Å². The first kappa shape index (κ1) is 65.8. The second-order valence-corrected chi connectivity index (χ2v) is 22.7. The van der Waals surface area contributed by atoms with Crippen LogP contribution in [-0.2, 0) is 67.1 Å². The monoisotopic (exact) mass is 1170 g/mol. The highest BCUT2D eigenvalue weighted by Crippen LogP contribution is 2.25. The van der Waals surface area contributed by atoms with E-state index in [2.05, 4.69) is 37.2 Å². The van der Waals surface area contributed by atoms with E-state index in [0.29, 0.717) is 49.5 Å². The standard InChI is InChI=1S/C57H78N10O13S2/c1-33(2)48-57(77)65-47(56(76)67-49(34(3)68)50(60)70)32-82-81-31-46(64-51(71)42(59)28-37-12-17-38-9-5-6-10-39(38)27-37)55(75)63-45(29-35-13-18-40(69)19-14-35)54(74)62-44(53(73)61-43(52(72)66-48)11-7-8-22-58)30-36-15-20-41(21-16-36)80-26-25-79-24-23-78-4/h5-6,9-10,12-21,27,33-34,42-49,68-69H,7-8,11,22-26,28-32,58-59H2,1-4H3,(H2,60,70)(H,61,73)(H,62,74)(H,63,75)(H,64,71)(H,65,77)(H,66,72)(H,67,76)/t34-,42-,43+,44-,45+,46+,47+,48+,49+/m1/s1. The van der Waals surface area contributed by atoms with Crippen LogP contribution in [0.3, 0.4) is 0 Å². The zero-order valence-corrected chi connectivity index (χ0v) is 48.2. The molecule has 82 heavy (non-hydrogen) atoms. The number of hydrogen-bond acceptors (Lipinski definition) is 17. The maximum atomic E-state index is 14.9. The van der Waals surface area contributed by atoms with Gasteiger partial charge in [-0.15, -0.1) is 0 Å². The minimum atomic E-state index is -1.56. The largest absolute Gasteiger partial charge is 0.508 e. The summed E-state index contributed by atoms with van der Waals surface area (Å²) >= 11 is 0. The molecule has 0 bridgehead atoms. The van der Waals surface area contributed by atoms with Gasteiger partial charge in [-0.2, -0.15) is 0 Å². The van der Waals surface area contributed by atoms with Crippen molar-refractivity contribution in [2.24, 2.45) is 23.1 Å². The predicted octanol–water partition coefficient (Wildman–Crippen LogP) is 0.382. The lowest BCUT2D eigenvalue weighted by atomic mass is 10.00. The molecule has 25 heteroatoms. The minimum Gasteiger partial charge on any atom is -0.508 e. The van der Waals surface area contributed by atoms with Crippen LogP contribution >= 0.6 is 21.6 Å². The number of nitrogens with one attached hydrogen (secondary N) is 7. The van der Waals surface area contributed by atoms with Gasteiger partial charge in [-0.1, -0.05) is 102 Å². The summed E-state index contributed by atoms with van der Waals surface area (Å²) in [4.78, 5) is 114. The number of rotatable bonds is 24. The molecule has 9 atom stereocenters. The lowest BCUT2D eigenvalue weighted by Gasteiger charge is -2.29. The second kappa shape index (κ2) is 33.8. The highest BCUT2D eigenvalue weighted by molar-refractivity contribution is 8.76. The molecule has 0 aromatic heterocycles. The maximum absolute atomic E-state index is 14.9. The van der Waals surface area contributed by atoms with Crippen molar-refractivity contribution >= 4 is 79.6 Å². The van der Waals surface area contributed by atoms with E-state index in [1.807, 2.05) is 42.5 Å². The SMILES string of the molecule is COCCOCCOc1ccc(C[C@H]2NC(=O)[C@H](Cc3ccc(O)cc3)NC(=O)[C@@H](NC(=O)[C@H](N)Cc3ccc4ccccc4c3)CSSC[C@@H](C(=O)N[C@H](C(N)=O)[C@@H](C)O)NC(=O)[C@H](C(C)C)NC(=O)[C@H](CCCCN)NC2=O)cc1. The van der Waals surface area contributed by atoms with Crippen molar-refractivity contribution in [1.29, 1.82) is 0 Å². The van der Waals surface area contributed by atoms with Gasteiger partial charge in [0.2, 0.25) is 47.3 Å². The molecule has 4 aromatic carbocycles. The Balaban J connectivity index is 1.55. The molecule has 0 unspecified atom stereocenters. The van der Waals surface area contributed by atoms with Crippen LogP contribution in [0, 0.1) is 5.92 Å². The van der Waals surface area contributed by atoms with Gasteiger partial charge in [-0.3, -0.25) is 38.4 Å². The first-order chi connectivity index (χ1) is 39.3. The summed E-state index contributed by atoms with van der Waals surface area (Å²) in [6, 6.07) is 15.0. The Labute approximate surface area is 485 Å². The molecular formula is C57H78N10O13S2. The van der Waals surface area contributed by atoms with Gasteiger partial charge < -0.3 is 78.8 Å². The molecule has 23 nitrogen and oxygen atoms in total. The Hall–Kier alpha value is -7.00. The molecule has 4 aromatic rings. The second-order valence-electron chi connectivity index (χ2n) is 20.2. The van der Waals surface area contributed by atoms with Crippen molar-refractivity contribution in [3.05, 3.63) is 108 Å². The summed E-state index contributed by atoms with van der Waals surface area (Å²) < 4.78 is 16.3. The number of ether oxygens (including phenoxy) is 3. The zero-order valence-electron chi connectivity index (χ0n) is 46.6.